The molecule has 2 N–H and O–H groups in total. The monoisotopic (exact) mass is 288 g/mol. The number of amides is 1. The van der Waals surface area contributed by atoms with Gasteiger partial charge in [-0.2, -0.15) is 0 Å². The number of rotatable bonds is 4. The van der Waals surface area contributed by atoms with Crippen molar-refractivity contribution < 1.29 is 13.9 Å². The molecule has 21 heavy (non-hydrogen) atoms. The molecule has 0 fully saturated rings. The summed E-state index contributed by atoms with van der Waals surface area (Å²) in [6, 6.07) is 9.75. The highest BCUT2D eigenvalue weighted by Gasteiger charge is 2.12. The van der Waals surface area contributed by atoms with Crippen LogP contribution in [0.25, 0.3) is 0 Å². The molecule has 0 saturated carbocycles. The lowest BCUT2D eigenvalue weighted by Crippen LogP contribution is -2.14. The molecule has 0 saturated heterocycles. The Bertz CT molecular complexity index is 671. The van der Waals surface area contributed by atoms with E-state index in [1.165, 1.54) is 25.3 Å². The maximum Gasteiger partial charge on any atom is 0.257 e. The summed E-state index contributed by atoms with van der Waals surface area (Å²) >= 11 is 0. The van der Waals surface area contributed by atoms with E-state index >= 15 is 0 Å². The lowest BCUT2D eigenvalue weighted by Gasteiger charge is -2.11. The van der Waals surface area contributed by atoms with Crippen molar-refractivity contribution in [2.24, 2.45) is 0 Å². The van der Waals surface area contributed by atoms with E-state index in [1.54, 1.807) is 13.1 Å². The molecule has 0 heterocycles. The van der Waals surface area contributed by atoms with E-state index in [4.69, 9.17) is 4.74 Å². The van der Waals surface area contributed by atoms with Crippen LogP contribution in [0, 0.1) is 12.7 Å². The number of hydrogen-bond acceptors (Lipinski definition) is 3. The summed E-state index contributed by atoms with van der Waals surface area (Å²) in [5.74, 6) is -0.649. The topological polar surface area (TPSA) is 50.4 Å². The van der Waals surface area contributed by atoms with Gasteiger partial charge in [-0.15, -0.1) is 0 Å². The normalized spacial score (nSPS) is 10.1. The molecule has 0 atom stereocenters. The van der Waals surface area contributed by atoms with Gasteiger partial charge in [0.1, 0.15) is 0 Å². The standard InChI is InChI=1S/C16H17FN2O2/c1-10-4-7-14(18-2)12(8-10)16(20)19-11-5-6-13(17)15(9-11)21-3/h4-9,18H,1-3H3,(H,19,20). The second-order valence-electron chi connectivity index (χ2n) is 4.60. The van der Waals surface area contributed by atoms with E-state index in [-0.39, 0.29) is 11.7 Å². The Morgan fingerprint density at radius 2 is 1.95 bits per heavy atom. The number of methoxy groups -OCH3 is 1. The third-order valence-electron chi connectivity index (χ3n) is 3.10. The summed E-state index contributed by atoms with van der Waals surface area (Å²) in [5, 5.41) is 5.71. The maximum atomic E-state index is 13.4. The predicted molar refractivity (Wildman–Crippen MR) is 81.6 cm³/mol. The van der Waals surface area contributed by atoms with Crippen LogP contribution in [0.2, 0.25) is 0 Å². The Balaban J connectivity index is 2.28. The van der Waals surface area contributed by atoms with Crippen molar-refractivity contribution in [2.75, 3.05) is 24.8 Å². The van der Waals surface area contributed by atoms with Gasteiger partial charge in [-0.25, -0.2) is 4.39 Å². The highest BCUT2D eigenvalue weighted by Crippen LogP contribution is 2.23. The first-order valence-corrected chi connectivity index (χ1v) is 6.48. The molecule has 110 valence electrons. The van der Waals surface area contributed by atoms with Gasteiger partial charge < -0.3 is 15.4 Å². The zero-order chi connectivity index (χ0) is 15.4. The number of carbonyl (C=O) groups is 1. The second kappa shape index (κ2) is 6.26. The molecular weight excluding hydrogens is 271 g/mol. The number of ether oxygens (including phenoxy) is 1. The molecule has 0 aromatic heterocycles. The van der Waals surface area contributed by atoms with E-state index in [2.05, 4.69) is 10.6 Å². The Kier molecular flexibility index (Phi) is 4.42. The predicted octanol–water partition coefficient (Wildman–Crippen LogP) is 3.44. The third kappa shape index (κ3) is 3.31. The lowest BCUT2D eigenvalue weighted by molar-refractivity contribution is 0.102. The fourth-order valence-corrected chi connectivity index (χ4v) is 2.00. The molecule has 0 unspecified atom stereocenters. The number of hydrogen-bond donors (Lipinski definition) is 2. The summed E-state index contributed by atoms with van der Waals surface area (Å²) in [7, 11) is 3.13. The average molecular weight is 288 g/mol. The number of anilines is 2. The van der Waals surface area contributed by atoms with E-state index in [0.717, 1.165) is 11.3 Å². The van der Waals surface area contributed by atoms with Gasteiger partial charge in [0.25, 0.3) is 5.91 Å². The molecular formula is C16H17FN2O2. The summed E-state index contributed by atoms with van der Waals surface area (Å²) in [6.07, 6.45) is 0. The van der Waals surface area contributed by atoms with Crippen LogP contribution in [-0.4, -0.2) is 20.1 Å². The van der Waals surface area contributed by atoms with Crippen LogP contribution in [-0.2, 0) is 0 Å². The SMILES string of the molecule is CNc1ccc(C)cc1C(=O)Nc1ccc(F)c(OC)c1. The van der Waals surface area contributed by atoms with Gasteiger partial charge >= 0.3 is 0 Å². The number of benzene rings is 2. The van der Waals surface area contributed by atoms with Crippen molar-refractivity contribution in [1.82, 2.24) is 0 Å². The third-order valence-corrected chi connectivity index (χ3v) is 3.10. The van der Waals surface area contributed by atoms with Crippen LogP contribution in [0.3, 0.4) is 0 Å². The summed E-state index contributed by atoms with van der Waals surface area (Å²) in [6.45, 7) is 1.91. The smallest absolute Gasteiger partial charge is 0.257 e. The molecule has 4 nitrogen and oxygen atoms in total. The molecule has 1 amide bonds. The van der Waals surface area contributed by atoms with Crippen molar-refractivity contribution in [3.63, 3.8) is 0 Å². The van der Waals surface area contributed by atoms with Crippen LogP contribution in [0.4, 0.5) is 15.8 Å². The lowest BCUT2D eigenvalue weighted by atomic mass is 10.1. The minimum Gasteiger partial charge on any atom is -0.494 e. The molecule has 0 radical (unpaired) electrons. The number of halogens is 1. The van der Waals surface area contributed by atoms with Crippen molar-refractivity contribution >= 4 is 17.3 Å². The molecule has 0 aliphatic heterocycles. The van der Waals surface area contributed by atoms with Gasteiger partial charge in [0.2, 0.25) is 0 Å². The van der Waals surface area contributed by atoms with Gasteiger partial charge in [-0.1, -0.05) is 11.6 Å². The largest absolute Gasteiger partial charge is 0.494 e. The number of carbonyl (C=O) groups excluding carboxylic acids is 1. The highest BCUT2D eigenvalue weighted by molar-refractivity contribution is 6.08. The van der Waals surface area contributed by atoms with Crippen LogP contribution in [0.1, 0.15) is 15.9 Å². The van der Waals surface area contributed by atoms with Crippen LogP contribution in [0.15, 0.2) is 36.4 Å². The van der Waals surface area contributed by atoms with Gasteiger partial charge in [-0.3, -0.25) is 4.79 Å². The van der Waals surface area contributed by atoms with Crippen molar-refractivity contribution in [1.29, 1.82) is 0 Å². The first-order chi connectivity index (χ1) is 10.0. The fraction of sp³-hybridized carbons (Fsp3) is 0.188. The summed E-state index contributed by atoms with van der Waals surface area (Å²) in [5.41, 5.74) is 2.71. The molecule has 2 aromatic carbocycles. The van der Waals surface area contributed by atoms with E-state index < -0.39 is 5.82 Å². The Morgan fingerprint density at radius 3 is 2.62 bits per heavy atom. The zero-order valence-corrected chi connectivity index (χ0v) is 12.2. The van der Waals surface area contributed by atoms with Crippen molar-refractivity contribution in [3.05, 3.63) is 53.3 Å². The van der Waals surface area contributed by atoms with Gasteiger partial charge in [0, 0.05) is 24.5 Å². The van der Waals surface area contributed by atoms with Crippen LogP contribution >= 0.6 is 0 Å². The Morgan fingerprint density at radius 1 is 1.19 bits per heavy atom. The summed E-state index contributed by atoms with van der Waals surface area (Å²) in [4.78, 5) is 12.3. The molecule has 5 heteroatoms. The van der Waals surface area contributed by atoms with Gasteiger partial charge in [0.05, 0.1) is 12.7 Å². The average Bonchev–Trinajstić information content (AvgIpc) is 2.49. The second-order valence-corrected chi connectivity index (χ2v) is 4.60. The van der Waals surface area contributed by atoms with E-state index in [0.29, 0.717) is 11.3 Å². The van der Waals surface area contributed by atoms with E-state index in [1.807, 2.05) is 19.1 Å². The fourth-order valence-electron chi connectivity index (χ4n) is 2.00. The quantitative estimate of drug-likeness (QED) is 0.906. The van der Waals surface area contributed by atoms with Gasteiger partial charge in [0.15, 0.2) is 11.6 Å². The zero-order valence-electron chi connectivity index (χ0n) is 12.2. The maximum absolute atomic E-state index is 13.4. The molecule has 2 aromatic rings. The van der Waals surface area contributed by atoms with Crippen LogP contribution in [0.5, 0.6) is 5.75 Å². The molecule has 2 rings (SSSR count). The molecule has 0 spiro atoms. The minimum atomic E-state index is -0.470. The van der Waals surface area contributed by atoms with Gasteiger partial charge in [-0.05, 0) is 31.2 Å². The molecule has 0 aliphatic carbocycles. The number of aryl methyl sites for hydroxylation is 1. The molecule has 0 bridgehead atoms. The Labute approximate surface area is 122 Å². The van der Waals surface area contributed by atoms with Crippen molar-refractivity contribution in [3.8, 4) is 5.75 Å². The van der Waals surface area contributed by atoms with E-state index in [9.17, 15) is 9.18 Å². The first-order valence-electron chi connectivity index (χ1n) is 6.48. The molecule has 0 aliphatic rings. The number of nitrogens with one attached hydrogen (secondary N) is 2. The summed E-state index contributed by atoms with van der Waals surface area (Å²) < 4.78 is 18.3. The minimum absolute atomic E-state index is 0.0888. The van der Waals surface area contributed by atoms with Crippen molar-refractivity contribution in [2.45, 2.75) is 6.92 Å². The van der Waals surface area contributed by atoms with Crippen LogP contribution < -0.4 is 15.4 Å². The highest BCUT2D eigenvalue weighted by atomic mass is 19.1. The Hall–Kier alpha value is -2.56. The first kappa shape index (κ1) is 14.8.